The fraction of sp³-hybridized carbons (Fsp3) is 0.467. The molecule has 110 valence electrons. The first kappa shape index (κ1) is 16.0. The second-order valence-corrected chi connectivity index (χ2v) is 5.19. The van der Waals surface area contributed by atoms with Crippen LogP contribution in [0.25, 0.3) is 0 Å². The minimum Gasteiger partial charge on any atom is -0.480 e. The van der Waals surface area contributed by atoms with E-state index in [2.05, 4.69) is 5.32 Å². The summed E-state index contributed by atoms with van der Waals surface area (Å²) in [6.45, 7) is 7.00. The van der Waals surface area contributed by atoms with Crippen molar-refractivity contribution in [3.63, 3.8) is 0 Å². The number of amides is 2. The van der Waals surface area contributed by atoms with Gasteiger partial charge in [-0.25, -0.2) is 9.59 Å². The van der Waals surface area contributed by atoms with Crippen LogP contribution in [0.15, 0.2) is 30.3 Å². The lowest BCUT2D eigenvalue weighted by atomic mass is 10.0. The van der Waals surface area contributed by atoms with Crippen LogP contribution >= 0.6 is 0 Å². The molecule has 0 spiro atoms. The molecule has 0 aliphatic rings. The van der Waals surface area contributed by atoms with Gasteiger partial charge < -0.3 is 15.3 Å². The zero-order valence-corrected chi connectivity index (χ0v) is 12.4. The van der Waals surface area contributed by atoms with E-state index in [4.69, 9.17) is 0 Å². The van der Waals surface area contributed by atoms with E-state index in [-0.39, 0.29) is 12.1 Å². The molecule has 0 aliphatic carbocycles. The second-order valence-electron chi connectivity index (χ2n) is 5.19. The number of benzene rings is 1. The summed E-state index contributed by atoms with van der Waals surface area (Å²) in [5, 5.41) is 12.1. The topological polar surface area (TPSA) is 69.6 Å². The Bertz CT molecular complexity index is 471. The average molecular weight is 278 g/mol. The Kier molecular flexibility index (Phi) is 5.13. The van der Waals surface area contributed by atoms with E-state index in [1.165, 1.54) is 18.7 Å². The van der Waals surface area contributed by atoms with Crippen molar-refractivity contribution >= 4 is 12.0 Å². The van der Waals surface area contributed by atoms with Crippen LogP contribution in [0, 0.1) is 0 Å². The summed E-state index contributed by atoms with van der Waals surface area (Å²) in [7, 11) is 0. The van der Waals surface area contributed by atoms with Gasteiger partial charge in [0.2, 0.25) is 0 Å². The van der Waals surface area contributed by atoms with E-state index in [1.54, 1.807) is 6.92 Å². The number of carbonyl (C=O) groups is 2. The molecule has 1 atom stereocenters. The van der Waals surface area contributed by atoms with E-state index in [0.29, 0.717) is 6.54 Å². The van der Waals surface area contributed by atoms with Gasteiger partial charge in [-0.05, 0) is 33.3 Å². The van der Waals surface area contributed by atoms with Crippen molar-refractivity contribution < 1.29 is 14.7 Å². The van der Waals surface area contributed by atoms with Crippen molar-refractivity contribution in [3.05, 3.63) is 35.9 Å². The third-order valence-corrected chi connectivity index (χ3v) is 3.40. The molecule has 5 heteroatoms. The summed E-state index contributed by atoms with van der Waals surface area (Å²) in [6, 6.07) is 8.99. The first-order chi connectivity index (χ1) is 9.30. The Balaban J connectivity index is 2.81. The fourth-order valence-corrected chi connectivity index (χ4v) is 2.00. The summed E-state index contributed by atoms with van der Waals surface area (Å²) in [6.07, 6.45) is 0. The molecule has 0 heterocycles. The molecule has 2 amide bonds. The van der Waals surface area contributed by atoms with Crippen molar-refractivity contribution in [1.29, 1.82) is 0 Å². The minimum absolute atomic E-state index is 0.178. The van der Waals surface area contributed by atoms with E-state index >= 15 is 0 Å². The highest BCUT2D eigenvalue weighted by molar-refractivity contribution is 5.85. The quantitative estimate of drug-likeness (QED) is 0.870. The summed E-state index contributed by atoms with van der Waals surface area (Å²) in [4.78, 5) is 24.8. The van der Waals surface area contributed by atoms with Crippen LogP contribution in [-0.4, -0.2) is 34.1 Å². The van der Waals surface area contributed by atoms with Gasteiger partial charge in [0.1, 0.15) is 5.54 Å². The Morgan fingerprint density at radius 3 is 2.30 bits per heavy atom. The van der Waals surface area contributed by atoms with E-state index < -0.39 is 11.5 Å². The molecule has 0 bridgehead atoms. The molecule has 0 fully saturated rings. The number of nitrogens with zero attached hydrogens (tertiary/aromatic N) is 1. The van der Waals surface area contributed by atoms with Crippen molar-refractivity contribution in [1.82, 2.24) is 10.2 Å². The minimum atomic E-state index is -1.24. The largest absolute Gasteiger partial charge is 0.480 e. The first-order valence-corrected chi connectivity index (χ1v) is 6.67. The molecule has 1 unspecified atom stereocenters. The standard InChI is InChI=1S/C15H22N2O3/c1-5-17(15(3,4)13(18)19)14(20)16-11(2)12-9-7-6-8-10-12/h6-11H,5H2,1-4H3,(H,16,20)(H,18,19). The maximum absolute atomic E-state index is 12.3. The number of rotatable bonds is 5. The summed E-state index contributed by atoms with van der Waals surface area (Å²) >= 11 is 0. The number of hydrogen-bond acceptors (Lipinski definition) is 2. The van der Waals surface area contributed by atoms with Gasteiger partial charge in [-0.1, -0.05) is 30.3 Å². The average Bonchev–Trinajstić information content (AvgIpc) is 2.39. The van der Waals surface area contributed by atoms with Crippen LogP contribution in [0.3, 0.4) is 0 Å². The molecule has 0 saturated heterocycles. The Morgan fingerprint density at radius 1 is 1.30 bits per heavy atom. The van der Waals surface area contributed by atoms with Gasteiger partial charge in [0.05, 0.1) is 6.04 Å². The number of urea groups is 1. The van der Waals surface area contributed by atoms with Crippen molar-refractivity contribution in [2.24, 2.45) is 0 Å². The summed E-state index contributed by atoms with van der Waals surface area (Å²) in [5.41, 5.74) is -0.264. The lowest BCUT2D eigenvalue weighted by Gasteiger charge is -2.35. The predicted molar refractivity (Wildman–Crippen MR) is 77.5 cm³/mol. The molecule has 0 aliphatic heterocycles. The van der Waals surface area contributed by atoms with Crippen LogP contribution in [0.1, 0.15) is 39.3 Å². The smallest absolute Gasteiger partial charge is 0.329 e. The molecule has 5 nitrogen and oxygen atoms in total. The predicted octanol–water partition coefficient (Wildman–Crippen LogP) is 2.64. The molecule has 2 N–H and O–H groups in total. The molecule has 20 heavy (non-hydrogen) atoms. The maximum Gasteiger partial charge on any atom is 0.329 e. The van der Waals surface area contributed by atoms with Gasteiger partial charge >= 0.3 is 12.0 Å². The molecular weight excluding hydrogens is 256 g/mol. The number of aliphatic carboxylic acids is 1. The Labute approximate surface area is 119 Å². The lowest BCUT2D eigenvalue weighted by Crippen LogP contribution is -2.56. The highest BCUT2D eigenvalue weighted by Gasteiger charge is 2.37. The number of carboxylic acid groups (broad SMARTS) is 1. The van der Waals surface area contributed by atoms with Crippen LogP contribution < -0.4 is 5.32 Å². The van der Waals surface area contributed by atoms with E-state index in [9.17, 15) is 14.7 Å². The van der Waals surface area contributed by atoms with Gasteiger partial charge in [-0.3, -0.25) is 0 Å². The third-order valence-electron chi connectivity index (χ3n) is 3.40. The SMILES string of the molecule is CCN(C(=O)NC(C)c1ccccc1)C(C)(C)C(=O)O. The third kappa shape index (κ3) is 3.50. The van der Waals surface area contributed by atoms with Gasteiger partial charge in [-0.15, -0.1) is 0 Å². The fourth-order valence-electron chi connectivity index (χ4n) is 2.00. The maximum atomic E-state index is 12.3. The number of likely N-dealkylation sites (N-methyl/N-ethyl adjacent to an activating group) is 1. The van der Waals surface area contributed by atoms with Crippen molar-refractivity contribution in [2.75, 3.05) is 6.54 Å². The van der Waals surface area contributed by atoms with Crippen LogP contribution in [0.4, 0.5) is 4.79 Å². The van der Waals surface area contributed by atoms with E-state index in [0.717, 1.165) is 5.56 Å². The van der Waals surface area contributed by atoms with Gasteiger partial charge in [0.15, 0.2) is 0 Å². The Morgan fingerprint density at radius 2 is 1.85 bits per heavy atom. The summed E-state index contributed by atoms with van der Waals surface area (Å²) in [5.74, 6) is -1.03. The second kappa shape index (κ2) is 6.41. The molecule has 0 aromatic heterocycles. The van der Waals surface area contributed by atoms with Crippen LogP contribution in [-0.2, 0) is 4.79 Å². The number of hydrogen-bond donors (Lipinski definition) is 2. The van der Waals surface area contributed by atoms with Crippen molar-refractivity contribution in [2.45, 2.75) is 39.3 Å². The van der Waals surface area contributed by atoms with Crippen molar-refractivity contribution in [3.8, 4) is 0 Å². The molecule has 0 radical (unpaired) electrons. The van der Waals surface area contributed by atoms with Gasteiger partial charge in [0, 0.05) is 6.54 Å². The molecule has 1 aromatic carbocycles. The monoisotopic (exact) mass is 278 g/mol. The van der Waals surface area contributed by atoms with E-state index in [1.807, 2.05) is 37.3 Å². The summed E-state index contributed by atoms with van der Waals surface area (Å²) < 4.78 is 0. The number of carboxylic acids is 1. The molecular formula is C15H22N2O3. The molecule has 1 rings (SSSR count). The van der Waals surface area contributed by atoms with Gasteiger partial charge in [0.25, 0.3) is 0 Å². The molecule has 1 aromatic rings. The highest BCUT2D eigenvalue weighted by atomic mass is 16.4. The first-order valence-electron chi connectivity index (χ1n) is 6.67. The Hall–Kier alpha value is -2.04. The zero-order valence-electron chi connectivity index (χ0n) is 12.4. The normalized spacial score (nSPS) is 12.6. The molecule has 0 saturated carbocycles. The van der Waals surface area contributed by atoms with Crippen LogP contribution in [0.2, 0.25) is 0 Å². The van der Waals surface area contributed by atoms with Crippen LogP contribution in [0.5, 0.6) is 0 Å². The van der Waals surface area contributed by atoms with Gasteiger partial charge in [-0.2, -0.15) is 0 Å². The highest BCUT2D eigenvalue weighted by Crippen LogP contribution is 2.17. The lowest BCUT2D eigenvalue weighted by molar-refractivity contribution is -0.147. The zero-order chi connectivity index (χ0) is 15.3. The number of nitrogens with one attached hydrogen (secondary N) is 1. The number of carbonyl (C=O) groups excluding carboxylic acids is 1.